The maximum Gasteiger partial charge on any atom is 0.230 e. The number of halogens is 1. The lowest BCUT2D eigenvalue weighted by Gasteiger charge is -2.10. The van der Waals surface area contributed by atoms with Crippen LogP contribution < -0.4 is 4.73 Å². The molecule has 0 atom stereocenters. The monoisotopic (exact) mass is 228 g/mol. The zero-order valence-electron chi connectivity index (χ0n) is 9.62. The summed E-state index contributed by atoms with van der Waals surface area (Å²) in [6, 6.07) is 0. The standard InChI is InChI=1S/C11H17ClN2O/c1-7(2)5-10-11(12)13-9(8(3)4)6-14(10)15/h6-8H,5H2,1-4H3. The Balaban J connectivity index is 3.10. The van der Waals surface area contributed by atoms with E-state index in [1.54, 1.807) is 0 Å². The molecule has 0 saturated heterocycles. The second kappa shape index (κ2) is 4.79. The first kappa shape index (κ1) is 12.2. The van der Waals surface area contributed by atoms with Gasteiger partial charge in [-0.15, -0.1) is 0 Å². The van der Waals surface area contributed by atoms with E-state index in [9.17, 15) is 5.21 Å². The Morgan fingerprint density at radius 1 is 1.40 bits per heavy atom. The topological polar surface area (TPSA) is 39.8 Å². The van der Waals surface area contributed by atoms with Gasteiger partial charge in [0.15, 0.2) is 5.15 Å². The molecule has 0 aliphatic rings. The minimum Gasteiger partial charge on any atom is -0.618 e. The molecule has 4 heteroatoms. The van der Waals surface area contributed by atoms with Crippen LogP contribution in [0.4, 0.5) is 0 Å². The van der Waals surface area contributed by atoms with Crippen molar-refractivity contribution in [2.24, 2.45) is 5.92 Å². The van der Waals surface area contributed by atoms with E-state index in [0.717, 1.165) is 10.4 Å². The van der Waals surface area contributed by atoms with Crippen molar-refractivity contribution in [1.82, 2.24) is 4.98 Å². The van der Waals surface area contributed by atoms with Crippen LogP contribution in [0.15, 0.2) is 6.20 Å². The van der Waals surface area contributed by atoms with E-state index in [-0.39, 0.29) is 5.92 Å². The summed E-state index contributed by atoms with van der Waals surface area (Å²) in [6.07, 6.45) is 2.18. The molecule has 1 aromatic rings. The lowest BCUT2D eigenvalue weighted by Crippen LogP contribution is -2.34. The SMILES string of the molecule is CC(C)Cc1c(Cl)nc(C(C)C)c[n+]1[O-]. The number of hydrogen-bond acceptors (Lipinski definition) is 2. The Hall–Kier alpha value is -0.830. The van der Waals surface area contributed by atoms with E-state index in [1.165, 1.54) is 6.20 Å². The van der Waals surface area contributed by atoms with E-state index >= 15 is 0 Å². The maximum atomic E-state index is 11.7. The smallest absolute Gasteiger partial charge is 0.230 e. The summed E-state index contributed by atoms with van der Waals surface area (Å²) in [5.41, 5.74) is 1.30. The molecule has 84 valence electrons. The normalized spacial score (nSPS) is 11.4. The Labute approximate surface area is 95.7 Å². The van der Waals surface area contributed by atoms with Crippen LogP contribution in [0.1, 0.15) is 45.0 Å². The van der Waals surface area contributed by atoms with Gasteiger partial charge in [-0.25, -0.2) is 4.98 Å². The highest BCUT2D eigenvalue weighted by atomic mass is 35.5. The van der Waals surface area contributed by atoms with Gasteiger partial charge >= 0.3 is 0 Å². The fraction of sp³-hybridized carbons (Fsp3) is 0.636. The summed E-state index contributed by atoms with van der Waals surface area (Å²) in [7, 11) is 0. The molecule has 1 heterocycles. The largest absolute Gasteiger partial charge is 0.618 e. The first-order chi connectivity index (χ1) is 6.91. The third-order valence-corrected chi connectivity index (χ3v) is 2.48. The summed E-state index contributed by atoms with van der Waals surface area (Å²) in [4.78, 5) is 4.23. The molecule has 0 unspecified atom stereocenters. The minimum absolute atomic E-state index is 0.218. The average Bonchev–Trinajstić information content (AvgIpc) is 2.10. The predicted octanol–water partition coefficient (Wildman–Crippen LogP) is 2.69. The Morgan fingerprint density at radius 3 is 2.40 bits per heavy atom. The average molecular weight is 229 g/mol. The van der Waals surface area contributed by atoms with Crippen molar-refractivity contribution >= 4 is 11.6 Å². The van der Waals surface area contributed by atoms with Crippen LogP contribution in [0, 0.1) is 11.1 Å². The second-order valence-electron chi connectivity index (χ2n) is 4.48. The zero-order chi connectivity index (χ0) is 11.6. The lowest BCUT2D eigenvalue weighted by molar-refractivity contribution is -0.615. The quantitative estimate of drug-likeness (QED) is 0.590. The first-order valence-electron chi connectivity index (χ1n) is 5.20. The van der Waals surface area contributed by atoms with Crippen LogP contribution in [0.25, 0.3) is 0 Å². The molecule has 0 radical (unpaired) electrons. The molecule has 15 heavy (non-hydrogen) atoms. The van der Waals surface area contributed by atoms with Gasteiger partial charge in [-0.05, 0) is 5.92 Å². The van der Waals surface area contributed by atoms with Gasteiger partial charge in [-0.1, -0.05) is 39.3 Å². The molecule has 3 nitrogen and oxygen atoms in total. The molecule has 0 N–H and O–H groups in total. The fourth-order valence-electron chi connectivity index (χ4n) is 1.33. The van der Waals surface area contributed by atoms with Crippen molar-refractivity contribution in [2.45, 2.75) is 40.0 Å². The second-order valence-corrected chi connectivity index (χ2v) is 4.84. The zero-order valence-corrected chi connectivity index (χ0v) is 10.4. The molecule has 1 rings (SSSR count). The van der Waals surface area contributed by atoms with E-state index in [1.807, 2.05) is 27.7 Å². The summed E-state index contributed by atoms with van der Waals surface area (Å²) < 4.78 is 0.852. The highest BCUT2D eigenvalue weighted by molar-refractivity contribution is 6.29. The molecular formula is C11H17ClN2O. The van der Waals surface area contributed by atoms with Crippen LogP contribution >= 0.6 is 11.6 Å². The number of aromatic nitrogens is 2. The van der Waals surface area contributed by atoms with Crippen molar-refractivity contribution in [3.8, 4) is 0 Å². The highest BCUT2D eigenvalue weighted by Crippen LogP contribution is 2.17. The molecule has 0 bridgehead atoms. The van der Waals surface area contributed by atoms with Gasteiger partial charge in [0.2, 0.25) is 11.9 Å². The van der Waals surface area contributed by atoms with Crippen LogP contribution in [-0.4, -0.2) is 4.98 Å². The molecule has 1 aromatic heterocycles. The molecule has 0 spiro atoms. The van der Waals surface area contributed by atoms with Gasteiger partial charge in [0.25, 0.3) is 0 Å². The summed E-state index contributed by atoms with van der Waals surface area (Å²) in [5.74, 6) is 0.616. The minimum atomic E-state index is 0.218. The number of hydrogen-bond donors (Lipinski definition) is 0. The Kier molecular flexibility index (Phi) is 3.91. The number of nitrogens with zero attached hydrogens (tertiary/aromatic N) is 2. The maximum absolute atomic E-state index is 11.7. The van der Waals surface area contributed by atoms with Crippen molar-refractivity contribution in [3.63, 3.8) is 0 Å². The van der Waals surface area contributed by atoms with Crippen molar-refractivity contribution in [2.75, 3.05) is 0 Å². The molecule has 0 aromatic carbocycles. The molecular weight excluding hydrogens is 212 g/mol. The molecule has 0 aliphatic heterocycles. The third-order valence-electron chi connectivity index (χ3n) is 2.17. The fourth-order valence-corrected chi connectivity index (χ4v) is 1.59. The van der Waals surface area contributed by atoms with Crippen LogP contribution in [0.3, 0.4) is 0 Å². The van der Waals surface area contributed by atoms with Crippen molar-refractivity contribution < 1.29 is 4.73 Å². The summed E-state index contributed by atoms with van der Waals surface area (Å²) >= 11 is 5.99. The van der Waals surface area contributed by atoms with Gasteiger partial charge < -0.3 is 5.21 Å². The highest BCUT2D eigenvalue weighted by Gasteiger charge is 2.17. The van der Waals surface area contributed by atoms with Crippen molar-refractivity contribution in [1.29, 1.82) is 0 Å². The van der Waals surface area contributed by atoms with Crippen LogP contribution in [0.2, 0.25) is 5.15 Å². The third kappa shape index (κ3) is 3.06. The Bertz CT molecular complexity index is 327. The predicted molar refractivity (Wildman–Crippen MR) is 60.8 cm³/mol. The van der Waals surface area contributed by atoms with E-state index in [0.29, 0.717) is 23.2 Å². The van der Waals surface area contributed by atoms with E-state index in [4.69, 9.17) is 11.6 Å². The van der Waals surface area contributed by atoms with Gasteiger partial charge in [-0.3, -0.25) is 0 Å². The van der Waals surface area contributed by atoms with Crippen LogP contribution in [-0.2, 0) is 6.42 Å². The van der Waals surface area contributed by atoms with E-state index < -0.39 is 0 Å². The lowest BCUT2D eigenvalue weighted by atomic mass is 10.1. The molecule has 0 fully saturated rings. The van der Waals surface area contributed by atoms with Gasteiger partial charge in [0.05, 0.1) is 0 Å². The molecule has 0 aliphatic carbocycles. The van der Waals surface area contributed by atoms with Crippen molar-refractivity contribution in [3.05, 3.63) is 27.9 Å². The first-order valence-corrected chi connectivity index (χ1v) is 5.58. The summed E-state index contributed by atoms with van der Waals surface area (Å²) in [6.45, 7) is 8.07. The number of rotatable bonds is 3. The van der Waals surface area contributed by atoms with Crippen LogP contribution in [0.5, 0.6) is 0 Å². The van der Waals surface area contributed by atoms with Gasteiger partial charge in [0.1, 0.15) is 5.69 Å². The molecule has 0 saturated carbocycles. The Morgan fingerprint density at radius 2 is 2.00 bits per heavy atom. The van der Waals surface area contributed by atoms with E-state index in [2.05, 4.69) is 4.98 Å². The molecule has 0 amide bonds. The van der Waals surface area contributed by atoms with Gasteiger partial charge in [-0.2, -0.15) is 4.73 Å². The van der Waals surface area contributed by atoms with Gasteiger partial charge in [0, 0.05) is 12.3 Å². The summed E-state index contributed by atoms with van der Waals surface area (Å²) in [5, 5.41) is 12.0.